The third kappa shape index (κ3) is 3.54. The number of hydrogen-bond acceptors (Lipinski definition) is 0. The Balaban J connectivity index is 1.37. The van der Waals surface area contributed by atoms with Crippen molar-refractivity contribution in [2.45, 2.75) is 0 Å². The van der Waals surface area contributed by atoms with E-state index in [0.29, 0.717) is 0 Å². The SMILES string of the molecule is C(=C\c1ccccc1-c1ccccc1)/c1ccc(-n2c3ccccc3c3ccccc32)cc1. The topological polar surface area (TPSA) is 4.93 Å². The smallest absolute Gasteiger partial charge is 0.0541 e. The second kappa shape index (κ2) is 8.29. The standard InChI is InChI=1S/C32H23N/c1-2-10-25(11-3-1)28-13-5-4-12-26(28)21-18-24-19-22-27(23-20-24)33-31-16-8-6-14-29(31)30-15-7-9-17-32(30)33/h1-23H/b21-18+. The molecule has 0 radical (unpaired) electrons. The van der Waals surface area contributed by atoms with Gasteiger partial charge in [0.25, 0.3) is 0 Å². The molecular formula is C32H23N. The molecule has 156 valence electrons. The minimum absolute atomic E-state index is 1.18. The number of rotatable bonds is 4. The summed E-state index contributed by atoms with van der Waals surface area (Å²) in [4.78, 5) is 0. The average Bonchev–Trinajstić information content (AvgIpc) is 3.23. The number of hydrogen-bond donors (Lipinski definition) is 0. The minimum atomic E-state index is 1.18. The summed E-state index contributed by atoms with van der Waals surface area (Å²) >= 11 is 0. The summed E-state index contributed by atoms with van der Waals surface area (Å²) < 4.78 is 2.35. The monoisotopic (exact) mass is 421 g/mol. The Kier molecular flexibility index (Phi) is 4.86. The highest BCUT2D eigenvalue weighted by molar-refractivity contribution is 6.09. The fourth-order valence-corrected chi connectivity index (χ4v) is 4.64. The lowest BCUT2D eigenvalue weighted by molar-refractivity contribution is 1.18. The third-order valence-electron chi connectivity index (χ3n) is 6.23. The van der Waals surface area contributed by atoms with Crippen molar-refractivity contribution in [1.29, 1.82) is 0 Å². The van der Waals surface area contributed by atoms with Crippen LogP contribution in [0.2, 0.25) is 0 Å². The van der Waals surface area contributed by atoms with Gasteiger partial charge in [0.1, 0.15) is 0 Å². The quantitative estimate of drug-likeness (QED) is 0.251. The normalized spacial score (nSPS) is 11.5. The number of fused-ring (bicyclic) bond motifs is 3. The van der Waals surface area contributed by atoms with Crippen molar-refractivity contribution in [1.82, 2.24) is 4.57 Å². The van der Waals surface area contributed by atoms with E-state index in [9.17, 15) is 0 Å². The summed E-state index contributed by atoms with van der Waals surface area (Å²) in [6, 6.07) is 45.2. The van der Waals surface area contributed by atoms with Gasteiger partial charge in [0, 0.05) is 16.5 Å². The van der Waals surface area contributed by atoms with Crippen LogP contribution in [-0.4, -0.2) is 4.57 Å². The van der Waals surface area contributed by atoms with Crippen molar-refractivity contribution in [3.8, 4) is 16.8 Å². The van der Waals surface area contributed by atoms with Gasteiger partial charge in [0.15, 0.2) is 0 Å². The molecule has 0 fully saturated rings. The van der Waals surface area contributed by atoms with Crippen LogP contribution < -0.4 is 0 Å². The molecule has 0 aliphatic heterocycles. The van der Waals surface area contributed by atoms with Crippen molar-refractivity contribution < 1.29 is 0 Å². The summed E-state index contributed by atoms with van der Waals surface area (Å²) in [5.41, 5.74) is 8.53. The van der Waals surface area contributed by atoms with Gasteiger partial charge in [0.05, 0.1) is 11.0 Å². The summed E-state index contributed by atoms with van der Waals surface area (Å²) in [7, 11) is 0. The first-order valence-corrected chi connectivity index (χ1v) is 11.3. The summed E-state index contributed by atoms with van der Waals surface area (Å²) in [5, 5.41) is 2.57. The lowest BCUT2D eigenvalue weighted by atomic mass is 9.99. The van der Waals surface area contributed by atoms with E-state index in [2.05, 4.69) is 144 Å². The van der Waals surface area contributed by atoms with Crippen LogP contribution in [0.5, 0.6) is 0 Å². The second-order valence-electron chi connectivity index (χ2n) is 8.25. The van der Waals surface area contributed by atoms with Crippen molar-refractivity contribution in [2.75, 3.05) is 0 Å². The Morgan fingerprint density at radius 2 is 1.03 bits per heavy atom. The lowest BCUT2D eigenvalue weighted by Gasteiger charge is -2.08. The highest BCUT2D eigenvalue weighted by Crippen LogP contribution is 2.32. The van der Waals surface area contributed by atoms with Gasteiger partial charge in [0.2, 0.25) is 0 Å². The van der Waals surface area contributed by atoms with Crippen LogP contribution in [0, 0.1) is 0 Å². The first kappa shape index (κ1) is 19.3. The molecular weight excluding hydrogens is 398 g/mol. The highest BCUT2D eigenvalue weighted by atomic mass is 15.0. The molecule has 0 amide bonds. The maximum atomic E-state index is 2.35. The van der Waals surface area contributed by atoms with Crippen LogP contribution in [0.25, 0.3) is 50.8 Å². The molecule has 6 rings (SSSR count). The highest BCUT2D eigenvalue weighted by Gasteiger charge is 2.10. The van der Waals surface area contributed by atoms with E-state index in [1.807, 2.05) is 0 Å². The predicted molar refractivity (Wildman–Crippen MR) is 142 cm³/mol. The summed E-state index contributed by atoms with van der Waals surface area (Å²) in [6.45, 7) is 0. The number of para-hydroxylation sites is 2. The molecule has 0 bridgehead atoms. The second-order valence-corrected chi connectivity index (χ2v) is 8.25. The first-order chi connectivity index (χ1) is 16.4. The first-order valence-electron chi connectivity index (χ1n) is 11.3. The van der Waals surface area contributed by atoms with E-state index in [0.717, 1.165) is 0 Å². The lowest BCUT2D eigenvalue weighted by Crippen LogP contribution is -1.93. The largest absolute Gasteiger partial charge is 0.309 e. The zero-order valence-corrected chi connectivity index (χ0v) is 18.2. The Labute approximate surface area is 193 Å². The molecule has 1 heterocycles. The van der Waals surface area contributed by atoms with E-state index in [1.165, 1.54) is 49.7 Å². The van der Waals surface area contributed by atoms with Gasteiger partial charge in [-0.05, 0) is 46.5 Å². The maximum Gasteiger partial charge on any atom is 0.0541 e. The molecule has 0 unspecified atom stereocenters. The Bertz CT molecular complexity index is 1530. The zero-order valence-electron chi connectivity index (χ0n) is 18.2. The Morgan fingerprint density at radius 3 is 1.73 bits per heavy atom. The molecule has 1 heteroatoms. The van der Waals surface area contributed by atoms with E-state index >= 15 is 0 Å². The maximum absolute atomic E-state index is 2.35. The van der Waals surface area contributed by atoms with Gasteiger partial charge in [-0.1, -0.05) is 115 Å². The molecule has 6 aromatic rings. The fraction of sp³-hybridized carbons (Fsp3) is 0. The van der Waals surface area contributed by atoms with Gasteiger partial charge >= 0.3 is 0 Å². The summed E-state index contributed by atoms with van der Waals surface area (Å²) in [5.74, 6) is 0. The Hall–Kier alpha value is -4.36. The van der Waals surface area contributed by atoms with E-state index in [4.69, 9.17) is 0 Å². The molecule has 0 saturated heterocycles. The zero-order chi connectivity index (χ0) is 22.0. The predicted octanol–water partition coefficient (Wildman–Crippen LogP) is 8.62. The molecule has 1 aromatic heterocycles. The van der Waals surface area contributed by atoms with E-state index in [1.54, 1.807) is 0 Å². The van der Waals surface area contributed by atoms with Crippen LogP contribution in [0.4, 0.5) is 0 Å². The number of benzene rings is 5. The van der Waals surface area contributed by atoms with E-state index in [-0.39, 0.29) is 0 Å². The molecule has 5 aromatic carbocycles. The van der Waals surface area contributed by atoms with Crippen LogP contribution in [-0.2, 0) is 0 Å². The molecule has 0 saturated carbocycles. The van der Waals surface area contributed by atoms with Crippen LogP contribution in [0.1, 0.15) is 11.1 Å². The van der Waals surface area contributed by atoms with Crippen molar-refractivity contribution in [3.63, 3.8) is 0 Å². The molecule has 0 N–H and O–H groups in total. The van der Waals surface area contributed by atoms with Gasteiger partial charge in [-0.2, -0.15) is 0 Å². The molecule has 0 atom stereocenters. The third-order valence-corrected chi connectivity index (χ3v) is 6.23. The molecule has 33 heavy (non-hydrogen) atoms. The Morgan fingerprint density at radius 1 is 0.455 bits per heavy atom. The van der Waals surface area contributed by atoms with Crippen LogP contribution in [0.15, 0.2) is 127 Å². The van der Waals surface area contributed by atoms with E-state index < -0.39 is 0 Å². The summed E-state index contributed by atoms with van der Waals surface area (Å²) in [6.07, 6.45) is 4.40. The van der Waals surface area contributed by atoms with Crippen molar-refractivity contribution >= 4 is 34.0 Å². The van der Waals surface area contributed by atoms with Gasteiger partial charge in [-0.25, -0.2) is 0 Å². The van der Waals surface area contributed by atoms with Crippen molar-refractivity contribution in [3.05, 3.63) is 139 Å². The average molecular weight is 422 g/mol. The minimum Gasteiger partial charge on any atom is -0.309 e. The van der Waals surface area contributed by atoms with Crippen molar-refractivity contribution in [2.24, 2.45) is 0 Å². The molecule has 0 aliphatic carbocycles. The molecule has 1 nitrogen and oxygen atoms in total. The van der Waals surface area contributed by atoms with Gasteiger partial charge < -0.3 is 4.57 Å². The number of nitrogens with zero attached hydrogens (tertiary/aromatic N) is 1. The van der Waals surface area contributed by atoms with Crippen LogP contribution >= 0.6 is 0 Å². The number of aromatic nitrogens is 1. The fourth-order valence-electron chi connectivity index (χ4n) is 4.64. The van der Waals surface area contributed by atoms with Gasteiger partial charge in [-0.15, -0.1) is 0 Å². The van der Waals surface area contributed by atoms with Crippen LogP contribution in [0.3, 0.4) is 0 Å². The molecule has 0 spiro atoms. The molecule has 0 aliphatic rings. The van der Waals surface area contributed by atoms with Gasteiger partial charge in [-0.3, -0.25) is 0 Å².